The first-order valence-electron chi connectivity index (χ1n) is 6.82. The average molecular weight is 312 g/mol. The van der Waals surface area contributed by atoms with E-state index in [2.05, 4.69) is 52.4 Å². The van der Waals surface area contributed by atoms with E-state index >= 15 is 0 Å². The molecule has 0 aliphatic carbocycles. The molecule has 2 rings (SSSR count). The van der Waals surface area contributed by atoms with Gasteiger partial charge in [0.25, 0.3) is 0 Å². The minimum atomic E-state index is 0.270. The van der Waals surface area contributed by atoms with Gasteiger partial charge in [-0.2, -0.15) is 0 Å². The van der Waals surface area contributed by atoms with Crippen LogP contribution in [0.25, 0.3) is 0 Å². The molecule has 1 aromatic carbocycles. The number of nitrogens with one attached hydrogen (secondary N) is 1. The molecular weight excluding hydrogens is 290 g/mol. The van der Waals surface area contributed by atoms with Gasteiger partial charge in [0.1, 0.15) is 0 Å². The van der Waals surface area contributed by atoms with Gasteiger partial charge in [0.2, 0.25) is 0 Å². The summed E-state index contributed by atoms with van der Waals surface area (Å²) in [5, 5.41) is 3.40. The summed E-state index contributed by atoms with van der Waals surface area (Å²) in [6.45, 7) is 6.08. The zero-order valence-corrected chi connectivity index (χ0v) is 12.6. The first-order valence-corrected chi connectivity index (χ1v) is 7.61. The lowest BCUT2D eigenvalue weighted by atomic mass is 9.73. The second kappa shape index (κ2) is 6.69. The molecule has 1 aliphatic heterocycles. The van der Waals surface area contributed by atoms with Gasteiger partial charge in [-0.3, -0.25) is 0 Å². The Kier molecular flexibility index (Phi) is 5.22. The first-order chi connectivity index (χ1) is 8.78. The van der Waals surface area contributed by atoms with Crippen molar-refractivity contribution in [2.45, 2.75) is 31.6 Å². The molecule has 0 unspecified atom stereocenters. The number of ether oxygens (including phenoxy) is 1. The Morgan fingerprint density at radius 2 is 2.06 bits per heavy atom. The van der Waals surface area contributed by atoms with Crippen LogP contribution in [0.3, 0.4) is 0 Å². The van der Waals surface area contributed by atoms with Crippen molar-refractivity contribution in [3.63, 3.8) is 0 Å². The number of rotatable bonds is 7. The van der Waals surface area contributed by atoms with Crippen LogP contribution in [-0.4, -0.2) is 26.3 Å². The van der Waals surface area contributed by atoms with E-state index in [1.165, 1.54) is 22.9 Å². The minimum Gasteiger partial charge on any atom is -0.381 e. The third-order valence-corrected chi connectivity index (χ3v) is 4.43. The second-order valence-corrected chi connectivity index (χ2v) is 5.93. The Morgan fingerprint density at radius 3 is 2.67 bits per heavy atom. The van der Waals surface area contributed by atoms with Crippen molar-refractivity contribution in [3.05, 3.63) is 34.3 Å². The maximum Gasteiger partial charge on any atom is 0.0475 e. The fraction of sp³-hybridized carbons (Fsp3) is 0.600. The topological polar surface area (TPSA) is 21.3 Å². The molecule has 3 heteroatoms. The van der Waals surface area contributed by atoms with Crippen LogP contribution in [0.2, 0.25) is 0 Å². The third kappa shape index (κ3) is 3.14. The van der Waals surface area contributed by atoms with E-state index in [4.69, 9.17) is 4.74 Å². The summed E-state index contributed by atoms with van der Waals surface area (Å²) in [6, 6.07) is 8.56. The summed E-state index contributed by atoms with van der Waals surface area (Å²) in [5.74, 6) is 0. The minimum absolute atomic E-state index is 0.270. The SMILES string of the molecule is CCCCOCCC1(c2ccccc2Br)CNC1. The summed E-state index contributed by atoms with van der Waals surface area (Å²) >= 11 is 3.67. The van der Waals surface area contributed by atoms with Gasteiger partial charge in [0.05, 0.1) is 0 Å². The summed E-state index contributed by atoms with van der Waals surface area (Å²) in [7, 11) is 0. The van der Waals surface area contributed by atoms with Gasteiger partial charge in [-0.15, -0.1) is 0 Å². The van der Waals surface area contributed by atoms with Gasteiger partial charge in [-0.1, -0.05) is 47.5 Å². The van der Waals surface area contributed by atoms with E-state index in [0.717, 1.165) is 32.7 Å². The van der Waals surface area contributed by atoms with Gasteiger partial charge in [-0.05, 0) is 24.5 Å². The monoisotopic (exact) mass is 311 g/mol. The van der Waals surface area contributed by atoms with Crippen molar-refractivity contribution in [1.29, 1.82) is 0 Å². The molecule has 0 amide bonds. The van der Waals surface area contributed by atoms with Crippen LogP contribution >= 0.6 is 15.9 Å². The van der Waals surface area contributed by atoms with Gasteiger partial charge >= 0.3 is 0 Å². The summed E-state index contributed by atoms with van der Waals surface area (Å²) in [4.78, 5) is 0. The molecule has 1 saturated heterocycles. The number of halogens is 1. The Bertz CT molecular complexity index is 377. The van der Waals surface area contributed by atoms with Crippen molar-refractivity contribution in [2.75, 3.05) is 26.3 Å². The van der Waals surface area contributed by atoms with E-state index in [1.807, 2.05) is 0 Å². The van der Waals surface area contributed by atoms with E-state index in [-0.39, 0.29) is 5.41 Å². The van der Waals surface area contributed by atoms with Gasteiger partial charge in [-0.25, -0.2) is 0 Å². The van der Waals surface area contributed by atoms with Crippen LogP contribution in [0, 0.1) is 0 Å². The molecule has 1 heterocycles. The van der Waals surface area contributed by atoms with E-state index in [0.29, 0.717) is 0 Å². The zero-order valence-electron chi connectivity index (χ0n) is 11.0. The molecule has 0 aromatic heterocycles. The molecular formula is C15H22BrNO. The highest BCUT2D eigenvalue weighted by Gasteiger charge is 2.39. The highest BCUT2D eigenvalue weighted by Crippen LogP contribution is 2.36. The summed E-state index contributed by atoms with van der Waals surface area (Å²) in [5.41, 5.74) is 1.69. The largest absolute Gasteiger partial charge is 0.381 e. The molecule has 0 radical (unpaired) electrons. The molecule has 100 valence electrons. The van der Waals surface area contributed by atoms with E-state index in [1.54, 1.807) is 0 Å². The predicted octanol–water partition coefficient (Wildman–Crippen LogP) is 3.50. The molecule has 2 nitrogen and oxygen atoms in total. The maximum atomic E-state index is 5.72. The maximum absolute atomic E-state index is 5.72. The van der Waals surface area contributed by atoms with Crippen LogP contribution in [0.1, 0.15) is 31.7 Å². The predicted molar refractivity (Wildman–Crippen MR) is 79.0 cm³/mol. The number of benzene rings is 1. The van der Waals surface area contributed by atoms with Crippen molar-refractivity contribution in [2.24, 2.45) is 0 Å². The molecule has 0 saturated carbocycles. The van der Waals surface area contributed by atoms with Crippen LogP contribution in [0.4, 0.5) is 0 Å². The van der Waals surface area contributed by atoms with E-state index < -0.39 is 0 Å². The molecule has 0 spiro atoms. The smallest absolute Gasteiger partial charge is 0.0475 e. The summed E-state index contributed by atoms with van der Waals surface area (Å²) < 4.78 is 6.95. The van der Waals surface area contributed by atoms with Gasteiger partial charge < -0.3 is 10.1 Å². The van der Waals surface area contributed by atoms with Crippen molar-refractivity contribution >= 4 is 15.9 Å². The summed E-state index contributed by atoms with van der Waals surface area (Å²) in [6.07, 6.45) is 3.48. The quantitative estimate of drug-likeness (QED) is 0.778. The van der Waals surface area contributed by atoms with Gasteiger partial charge in [0, 0.05) is 36.2 Å². The number of hydrogen-bond acceptors (Lipinski definition) is 2. The van der Waals surface area contributed by atoms with Crippen molar-refractivity contribution in [1.82, 2.24) is 5.32 Å². The molecule has 1 N–H and O–H groups in total. The van der Waals surface area contributed by atoms with Crippen molar-refractivity contribution in [3.8, 4) is 0 Å². The Morgan fingerprint density at radius 1 is 1.28 bits per heavy atom. The lowest BCUT2D eigenvalue weighted by Crippen LogP contribution is -2.57. The van der Waals surface area contributed by atoms with Gasteiger partial charge in [0.15, 0.2) is 0 Å². The molecule has 1 aliphatic rings. The molecule has 1 fully saturated rings. The first kappa shape index (κ1) is 14.0. The van der Waals surface area contributed by atoms with Crippen molar-refractivity contribution < 1.29 is 4.74 Å². The Labute approximate surface area is 118 Å². The average Bonchev–Trinajstić information content (AvgIpc) is 2.33. The highest BCUT2D eigenvalue weighted by atomic mass is 79.9. The molecule has 0 atom stereocenters. The fourth-order valence-electron chi connectivity index (χ4n) is 2.44. The molecule has 1 aromatic rings. The van der Waals surface area contributed by atoms with Crippen LogP contribution in [0.15, 0.2) is 28.7 Å². The third-order valence-electron chi connectivity index (χ3n) is 3.74. The highest BCUT2D eigenvalue weighted by molar-refractivity contribution is 9.10. The zero-order chi connectivity index (χ0) is 12.8. The van der Waals surface area contributed by atoms with Crippen LogP contribution in [0.5, 0.6) is 0 Å². The van der Waals surface area contributed by atoms with Crippen LogP contribution in [-0.2, 0) is 10.2 Å². The number of unbranched alkanes of at least 4 members (excludes halogenated alkanes) is 1. The lowest BCUT2D eigenvalue weighted by molar-refractivity contribution is 0.0971. The fourth-order valence-corrected chi connectivity index (χ4v) is 3.14. The molecule has 0 bridgehead atoms. The Balaban J connectivity index is 1.92. The standard InChI is InChI=1S/C15H22BrNO/c1-2-3-9-18-10-8-15(11-17-12-15)13-6-4-5-7-14(13)16/h4-7,17H,2-3,8-12H2,1H3. The van der Waals surface area contributed by atoms with E-state index in [9.17, 15) is 0 Å². The molecule has 18 heavy (non-hydrogen) atoms. The second-order valence-electron chi connectivity index (χ2n) is 5.08. The number of hydrogen-bond donors (Lipinski definition) is 1. The Hall–Kier alpha value is -0.380. The van der Waals surface area contributed by atoms with Crippen LogP contribution < -0.4 is 5.32 Å². The lowest BCUT2D eigenvalue weighted by Gasteiger charge is -2.44. The normalized spacial score (nSPS) is 17.4.